The van der Waals surface area contributed by atoms with Crippen LogP contribution in [0.3, 0.4) is 0 Å². The average molecular weight is 89.1 g/mol. The van der Waals surface area contributed by atoms with E-state index in [1.807, 2.05) is 0 Å². The maximum Gasteiger partial charge on any atom is 0.230 e. The van der Waals surface area contributed by atoms with Gasteiger partial charge in [-0.15, -0.1) is 10.8 Å². The molecular weight excluding hydrogens is 86.0 g/mol. The van der Waals surface area contributed by atoms with Crippen LogP contribution in [0.25, 0.3) is 0 Å². The Kier molecular flexibility index (Phi) is 2.08. The second-order valence-electron chi connectivity index (χ2n) is 0.542. The molecule has 1 atom stereocenters. The van der Waals surface area contributed by atoms with E-state index in [4.69, 9.17) is 10.5 Å². The van der Waals surface area contributed by atoms with Gasteiger partial charge in [-0.1, -0.05) is 0 Å². The van der Waals surface area contributed by atoms with Crippen molar-refractivity contribution in [3.63, 3.8) is 0 Å². The minimum absolute atomic E-state index is 1.22. The predicted molar refractivity (Wildman–Crippen MR) is 14.9 cm³/mol. The summed E-state index contributed by atoms with van der Waals surface area (Å²) in [5, 5.41) is 23.0. The third kappa shape index (κ3) is 3.17. The zero-order chi connectivity index (χ0) is 4.99. The molecule has 0 aliphatic carbocycles. The van der Waals surface area contributed by atoms with E-state index in [2.05, 4.69) is 0 Å². The van der Waals surface area contributed by atoms with Crippen molar-refractivity contribution in [3.05, 3.63) is 5.21 Å². The molecule has 0 rings (SSSR count). The molecule has 5 heteroatoms. The standard InChI is InChI=1S/CH3N3O2/c2-1-3-4(5)6/h3-5H. The van der Waals surface area contributed by atoms with Gasteiger partial charge in [-0.25, -0.2) is 0 Å². The summed E-state index contributed by atoms with van der Waals surface area (Å²) in [5.41, 5.74) is 1.43. The van der Waals surface area contributed by atoms with Gasteiger partial charge in [-0.3, -0.25) is 0 Å². The van der Waals surface area contributed by atoms with Gasteiger partial charge in [0.25, 0.3) is 0 Å². The Hall–Kier alpha value is -0.830. The lowest BCUT2D eigenvalue weighted by Gasteiger charge is -2.04. The molecule has 34 valence electrons. The van der Waals surface area contributed by atoms with Crippen LogP contribution in [-0.2, 0) is 0 Å². The van der Waals surface area contributed by atoms with E-state index in [0.29, 0.717) is 0 Å². The normalized spacial score (nSPS) is 12.2. The molecule has 3 N–H and O–H groups in total. The number of rotatable bonds is 1. The maximum absolute atomic E-state index is 9.27. The lowest BCUT2D eigenvalue weighted by atomic mass is 11.4. The number of quaternary nitrogens is 1. The van der Waals surface area contributed by atoms with E-state index in [1.54, 1.807) is 0 Å². The van der Waals surface area contributed by atoms with Crippen LogP contribution in [0.5, 0.6) is 0 Å². The first-order chi connectivity index (χ1) is 2.77. The molecule has 0 aliphatic rings. The Labute approximate surface area is 33.9 Å². The Bertz CT molecular complexity index is 63.7. The minimum atomic E-state index is -1.32. The average Bonchev–Trinajstić information content (AvgIpc) is 1.35. The SMILES string of the molecule is N#CN[NH+]([O-])O. The van der Waals surface area contributed by atoms with Crippen molar-refractivity contribution in [1.82, 2.24) is 5.43 Å². The van der Waals surface area contributed by atoms with Gasteiger partial charge in [0.05, 0.1) is 0 Å². The number of nitrogens with zero attached hydrogens (tertiary/aromatic N) is 1. The largest absolute Gasteiger partial charge is 0.574 e. The smallest absolute Gasteiger partial charge is 0.230 e. The van der Waals surface area contributed by atoms with Gasteiger partial charge in [0.15, 0.2) is 0 Å². The highest BCUT2D eigenvalue weighted by molar-refractivity contribution is 4.50. The molecule has 0 aliphatic heterocycles. The van der Waals surface area contributed by atoms with Gasteiger partial charge in [0, 0.05) is 0 Å². The van der Waals surface area contributed by atoms with E-state index >= 15 is 0 Å². The molecule has 5 nitrogen and oxygen atoms in total. The first-order valence-corrected chi connectivity index (χ1v) is 1.15. The topological polar surface area (TPSA) is 83.5 Å². The highest BCUT2D eigenvalue weighted by Crippen LogP contribution is 1.15. The Balaban J connectivity index is 2.88. The summed E-state index contributed by atoms with van der Waals surface area (Å²) >= 11 is 0. The molecule has 0 aromatic rings. The molecule has 1 unspecified atom stereocenters. The summed E-state index contributed by atoms with van der Waals surface area (Å²) in [6, 6.07) is 0. The number of nitrogens with one attached hydrogen (secondary N) is 2. The van der Waals surface area contributed by atoms with Crippen molar-refractivity contribution in [2.24, 2.45) is 0 Å². The van der Waals surface area contributed by atoms with Gasteiger partial charge >= 0.3 is 0 Å². The highest BCUT2D eigenvalue weighted by atomic mass is 16.8. The molecular formula is CH3N3O2. The van der Waals surface area contributed by atoms with Crippen LogP contribution in [0, 0.1) is 16.7 Å². The second kappa shape index (κ2) is 2.41. The summed E-state index contributed by atoms with van der Waals surface area (Å²) in [6.45, 7) is 0. The molecule has 6 heavy (non-hydrogen) atoms. The van der Waals surface area contributed by atoms with Crippen LogP contribution in [0.15, 0.2) is 0 Å². The van der Waals surface area contributed by atoms with E-state index < -0.39 is 5.34 Å². The van der Waals surface area contributed by atoms with Crippen LogP contribution >= 0.6 is 0 Å². The highest BCUT2D eigenvalue weighted by Gasteiger charge is 1.73. The van der Waals surface area contributed by atoms with Crippen LogP contribution in [-0.4, -0.2) is 5.21 Å². The van der Waals surface area contributed by atoms with Gasteiger partial charge in [-0.2, -0.15) is 10.5 Å². The van der Waals surface area contributed by atoms with E-state index in [0.717, 1.165) is 0 Å². The fourth-order valence-corrected chi connectivity index (χ4v) is 0.0478. The number of hydrogen-bond donors (Lipinski definition) is 3. The summed E-state index contributed by atoms with van der Waals surface area (Å²) < 4.78 is 0. The van der Waals surface area contributed by atoms with Crippen molar-refractivity contribution in [2.75, 3.05) is 0 Å². The van der Waals surface area contributed by atoms with Gasteiger partial charge in [0.2, 0.25) is 6.19 Å². The molecule has 0 saturated carbocycles. The predicted octanol–water partition coefficient (Wildman–Crippen LogP) is -2.26. The van der Waals surface area contributed by atoms with Crippen molar-refractivity contribution >= 4 is 0 Å². The van der Waals surface area contributed by atoms with E-state index in [1.165, 1.54) is 11.6 Å². The molecule has 0 saturated heterocycles. The first kappa shape index (κ1) is 5.17. The van der Waals surface area contributed by atoms with Crippen LogP contribution in [0.4, 0.5) is 0 Å². The van der Waals surface area contributed by atoms with Crippen LogP contribution in [0.2, 0.25) is 0 Å². The zero-order valence-corrected chi connectivity index (χ0v) is 2.80. The summed E-state index contributed by atoms with van der Waals surface area (Å²) in [4.78, 5) is 0. The van der Waals surface area contributed by atoms with Gasteiger partial charge in [0.1, 0.15) is 0 Å². The quantitative estimate of drug-likeness (QED) is 0.192. The molecule has 0 spiro atoms. The minimum Gasteiger partial charge on any atom is -0.574 e. The van der Waals surface area contributed by atoms with Crippen molar-refractivity contribution in [2.45, 2.75) is 0 Å². The van der Waals surface area contributed by atoms with Gasteiger partial charge in [-0.05, 0) is 0 Å². The van der Waals surface area contributed by atoms with Crippen molar-refractivity contribution < 1.29 is 10.5 Å². The Morgan fingerprint density at radius 1 is 2.00 bits per heavy atom. The van der Waals surface area contributed by atoms with E-state index in [-0.39, 0.29) is 0 Å². The lowest BCUT2D eigenvalue weighted by Crippen LogP contribution is -3.11. The third-order valence-electron chi connectivity index (χ3n) is 0.163. The molecule has 0 bridgehead atoms. The first-order valence-electron chi connectivity index (χ1n) is 1.15. The van der Waals surface area contributed by atoms with Crippen molar-refractivity contribution in [3.8, 4) is 6.19 Å². The summed E-state index contributed by atoms with van der Waals surface area (Å²) in [5.74, 6) is 0. The molecule has 0 amide bonds. The number of hydrogen-bond acceptors (Lipinski definition) is 4. The fourth-order valence-electron chi connectivity index (χ4n) is 0.0478. The van der Waals surface area contributed by atoms with Gasteiger partial charge < -0.3 is 5.21 Å². The summed E-state index contributed by atoms with van der Waals surface area (Å²) in [7, 11) is 0. The fraction of sp³-hybridized carbons (Fsp3) is 0. The molecule has 0 heterocycles. The molecule has 0 aromatic carbocycles. The third-order valence-corrected chi connectivity index (χ3v) is 0.163. The maximum atomic E-state index is 9.27. The second-order valence-corrected chi connectivity index (χ2v) is 0.542. The lowest BCUT2D eigenvalue weighted by molar-refractivity contribution is -1.08. The van der Waals surface area contributed by atoms with Crippen LogP contribution < -0.4 is 10.8 Å². The summed E-state index contributed by atoms with van der Waals surface area (Å²) in [6.07, 6.45) is 1.22. The van der Waals surface area contributed by atoms with Crippen molar-refractivity contribution in [1.29, 1.82) is 5.26 Å². The molecule has 0 fully saturated rings. The van der Waals surface area contributed by atoms with Crippen LogP contribution in [0.1, 0.15) is 0 Å². The molecule has 0 radical (unpaired) electrons. The monoisotopic (exact) mass is 89.0 g/mol. The number of nitriles is 1. The Morgan fingerprint density at radius 3 is 2.50 bits per heavy atom. The van der Waals surface area contributed by atoms with E-state index in [9.17, 15) is 5.21 Å². The Morgan fingerprint density at radius 2 is 2.50 bits per heavy atom. The zero-order valence-electron chi connectivity index (χ0n) is 2.80. The molecule has 0 aromatic heterocycles.